The number of rotatable bonds is 30. The van der Waals surface area contributed by atoms with Crippen molar-refractivity contribution in [2.45, 2.75) is 57.8 Å². The molecule has 0 amide bonds. The van der Waals surface area contributed by atoms with E-state index in [2.05, 4.69) is 0 Å². The Morgan fingerprint density at radius 2 is 0.574 bits per heavy atom. The number of esters is 6. The van der Waals surface area contributed by atoms with Crippen LogP contribution in [0.5, 0.6) is 17.2 Å². The molecule has 0 saturated heterocycles. The fourth-order valence-electron chi connectivity index (χ4n) is 3.63. The van der Waals surface area contributed by atoms with E-state index in [1.54, 1.807) is 0 Å². The van der Waals surface area contributed by atoms with Crippen LogP contribution in [0.15, 0.2) is 18.2 Å². The van der Waals surface area contributed by atoms with Gasteiger partial charge in [-0.15, -0.1) is 0 Å². The summed E-state index contributed by atoms with van der Waals surface area (Å²) in [4.78, 5) is 102. The highest BCUT2D eigenvalue weighted by Crippen LogP contribution is 2.28. The van der Waals surface area contributed by atoms with Crippen molar-refractivity contribution < 1.29 is 101 Å². The molecular formula is C33H42O21. The molecule has 300 valence electrons. The van der Waals surface area contributed by atoms with Crippen molar-refractivity contribution in [1.29, 1.82) is 0 Å². The van der Waals surface area contributed by atoms with E-state index in [0.717, 1.165) is 0 Å². The van der Waals surface area contributed by atoms with Gasteiger partial charge in [-0.25, -0.2) is 0 Å². The van der Waals surface area contributed by atoms with Crippen LogP contribution in [0.25, 0.3) is 0 Å². The molecule has 1 aromatic rings. The number of carbonyl (C=O) groups is 9. The minimum Gasteiger partial charge on any atom is -0.490 e. The van der Waals surface area contributed by atoms with Crippen molar-refractivity contribution in [3.8, 4) is 17.2 Å². The zero-order valence-corrected chi connectivity index (χ0v) is 29.2. The summed E-state index contributed by atoms with van der Waals surface area (Å²) in [6.07, 6.45) is -2.47. The van der Waals surface area contributed by atoms with Gasteiger partial charge in [-0.2, -0.15) is 0 Å². The van der Waals surface area contributed by atoms with Crippen LogP contribution in [-0.2, 0) is 71.6 Å². The molecule has 0 saturated carbocycles. The van der Waals surface area contributed by atoms with Gasteiger partial charge in [0, 0.05) is 37.5 Å². The van der Waals surface area contributed by atoms with Crippen LogP contribution in [0.1, 0.15) is 57.8 Å². The molecular weight excluding hydrogens is 732 g/mol. The quantitative estimate of drug-likeness (QED) is 0.0422. The third-order valence-corrected chi connectivity index (χ3v) is 5.96. The van der Waals surface area contributed by atoms with Crippen LogP contribution in [0.2, 0.25) is 0 Å². The van der Waals surface area contributed by atoms with Gasteiger partial charge in [-0.3, -0.25) is 43.2 Å². The molecule has 0 heterocycles. The molecule has 0 aromatic heterocycles. The Bertz CT molecular complexity index is 1240. The largest absolute Gasteiger partial charge is 0.490 e. The summed E-state index contributed by atoms with van der Waals surface area (Å²) in [5.74, 6) is -8.17. The minimum absolute atomic E-state index is 0.0826. The van der Waals surface area contributed by atoms with E-state index < -0.39 is 73.0 Å². The Morgan fingerprint density at radius 1 is 0.352 bits per heavy atom. The van der Waals surface area contributed by atoms with Gasteiger partial charge in [0.1, 0.15) is 76.2 Å². The highest BCUT2D eigenvalue weighted by molar-refractivity contribution is 5.92. The van der Waals surface area contributed by atoms with Crippen molar-refractivity contribution in [1.82, 2.24) is 0 Å². The van der Waals surface area contributed by atoms with E-state index in [1.807, 2.05) is 0 Å². The second kappa shape index (κ2) is 27.5. The van der Waals surface area contributed by atoms with Crippen LogP contribution in [0.3, 0.4) is 0 Å². The summed E-state index contributed by atoms with van der Waals surface area (Å²) in [6, 6.07) is 4.21. The maximum atomic E-state index is 11.9. The molecule has 0 fully saturated rings. The lowest BCUT2D eigenvalue weighted by Crippen LogP contribution is -2.18. The van der Waals surface area contributed by atoms with Crippen LogP contribution in [-0.4, -0.2) is 129 Å². The topological polar surface area (TPSA) is 297 Å². The molecule has 0 unspecified atom stereocenters. The summed E-state index contributed by atoms with van der Waals surface area (Å²) in [6.45, 7) is -1.98. The Hall–Kier alpha value is -6.15. The molecule has 21 heteroatoms. The Kier molecular flexibility index (Phi) is 23.4. The zero-order chi connectivity index (χ0) is 40.1. The summed E-state index contributed by atoms with van der Waals surface area (Å²) >= 11 is 0. The molecule has 0 aliphatic rings. The second-order valence-corrected chi connectivity index (χ2v) is 10.5. The van der Waals surface area contributed by atoms with E-state index >= 15 is 0 Å². The SMILES string of the molecule is O=C(O)CCCOC(=O)CC(=O)OCCOc1cc(OCCOC(=O)CC(=O)OCCCC(=O)O)cc(OCCOC(=O)CC(=O)OCCCC(=O)O)c1. The normalized spacial score (nSPS) is 10.2. The first-order chi connectivity index (χ1) is 25.7. The van der Waals surface area contributed by atoms with E-state index in [0.29, 0.717) is 0 Å². The first-order valence-corrected chi connectivity index (χ1v) is 16.4. The average Bonchev–Trinajstić information content (AvgIpc) is 3.09. The second-order valence-electron chi connectivity index (χ2n) is 10.5. The van der Waals surface area contributed by atoms with E-state index in [-0.39, 0.29) is 115 Å². The first-order valence-electron chi connectivity index (χ1n) is 16.4. The standard InChI is InChI=1S/C33H42O21/c34-25(35)4-1-7-49-28(40)19-31(43)52-13-10-46-22-16-23(47-11-14-53-32(44)20-29(41)50-8-2-5-26(36)37)18-24(17-22)48-12-15-54-33(45)21-30(42)51-9-3-6-27(38)39/h16-18H,1-15,19-21H2,(H,34,35)(H,36,37)(H,38,39). The Labute approximate surface area is 307 Å². The van der Waals surface area contributed by atoms with Crippen molar-refractivity contribution in [3.05, 3.63) is 18.2 Å². The summed E-state index contributed by atoms with van der Waals surface area (Å²) in [7, 11) is 0. The molecule has 3 N–H and O–H groups in total. The molecule has 0 atom stereocenters. The van der Waals surface area contributed by atoms with Gasteiger partial charge in [0.05, 0.1) is 19.8 Å². The monoisotopic (exact) mass is 774 g/mol. The maximum absolute atomic E-state index is 11.9. The molecule has 1 aromatic carbocycles. The third kappa shape index (κ3) is 25.7. The number of carboxylic acid groups (broad SMARTS) is 3. The van der Waals surface area contributed by atoms with Gasteiger partial charge in [0.15, 0.2) is 0 Å². The van der Waals surface area contributed by atoms with Crippen molar-refractivity contribution in [3.63, 3.8) is 0 Å². The van der Waals surface area contributed by atoms with Crippen LogP contribution < -0.4 is 14.2 Å². The molecule has 0 aliphatic carbocycles. The molecule has 21 nitrogen and oxygen atoms in total. The number of ether oxygens (including phenoxy) is 9. The lowest BCUT2D eigenvalue weighted by molar-refractivity contribution is -0.157. The van der Waals surface area contributed by atoms with Gasteiger partial charge in [0.2, 0.25) is 0 Å². The average molecular weight is 775 g/mol. The third-order valence-electron chi connectivity index (χ3n) is 5.96. The van der Waals surface area contributed by atoms with E-state index in [9.17, 15) is 43.2 Å². The van der Waals surface area contributed by atoms with Crippen molar-refractivity contribution in [2.24, 2.45) is 0 Å². The zero-order valence-electron chi connectivity index (χ0n) is 29.2. The lowest BCUT2D eigenvalue weighted by Gasteiger charge is -2.14. The fraction of sp³-hybridized carbons (Fsp3) is 0.545. The number of aliphatic carboxylic acids is 3. The summed E-state index contributed by atoms with van der Waals surface area (Å²) < 4.78 is 45.9. The van der Waals surface area contributed by atoms with Gasteiger partial charge < -0.3 is 58.0 Å². The predicted molar refractivity (Wildman–Crippen MR) is 173 cm³/mol. The number of carboxylic acids is 3. The molecule has 54 heavy (non-hydrogen) atoms. The highest BCUT2D eigenvalue weighted by Gasteiger charge is 2.15. The fourth-order valence-corrected chi connectivity index (χ4v) is 3.63. The molecule has 0 bridgehead atoms. The van der Waals surface area contributed by atoms with E-state index in [4.69, 9.17) is 58.0 Å². The smallest absolute Gasteiger partial charge is 0.317 e. The first kappa shape index (κ1) is 45.9. The number of hydrogen-bond acceptors (Lipinski definition) is 18. The van der Waals surface area contributed by atoms with Crippen LogP contribution >= 0.6 is 0 Å². The molecule has 0 spiro atoms. The highest BCUT2D eigenvalue weighted by atomic mass is 16.6. The van der Waals surface area contributed by atoms with Crippen molar-refractivity contribution in [2.75, 3.05) is 59.5 Å². The van der Waals surface area contributed by atoms with Crippen molar-refractivity contribution >= 4 is 53.7 Å². The number of hydrogen-bond donors (Lipinski definition) is 3. The number of benzene rings is 1. The summed E-state index contributed by atoms with van der Waals surface area (Å²) in [5.41, 5.74) is 0. The van der Waals surface area contributed by atoms with Gasteiger partial charge in [0.25, 0.3) is 0 Å². The van der Waals surface area contributed by atoms with Gasteiger partial charge in [-0.1, -0.05) is 0 Å². The minimum atomic E-state index is -1.06. The number of carbonyl (C=O) groups excluding carboxylic acids is 6. The molecule has 0 aliphatic heterocycles. The maximum Gasteiger partial charge on any atom is 0.317 e. The van der Waals surface area contributed by atoms with Crippen LogP contribution in [0, 0.1) is 0 Å². The predicted octanol–water partition coefficient (Wildman–Crippen LogP) is 0.847. The Morgan fingerprint density at radius 3 is 0.796 bits per heavy atom. The van der Waals surface area contributed by atoms with Crippen LogP contribution in [0.4, 0.5) is 0 Å². The molecule has 0 radical (unpaired) electrons. The Balaban J connectivity index is 2.63. The summed E-state index contributed by atoms with van der Waals surface area (Å²) in [5, 5.41) is 25.8. The van der Waals surface area contributed by atoms with Gasteiger partial charge >= 0.3 is 53.7 Å². The lowest BCUT2D eigenvalue weighted by atomic mass is 10.3. The van der Waals surface area contributed by atoms with E-state index in [1.165, 1.54) is 18.2 Å². The van der Waals surface area contributed by atoms with Gasteiger partial charge in [-0.05, 0) is 19.3 Å². The molecule has 1 rings (SSSR count).